The van der Waals surface area contributed by atoms with Crippen LogP contribution in [0.4, 0.5) is 5.82 Å². The molecule has 1 amide bonds. The molecule has 5 heteroatoms. The molecular formula is C16H20N4O. The average molecular weight is 284 g/mol. The Bertz CT molecular complexity index is 569. The van der Waals surface area contributed by atoms with E-state index in [2.05, 4.69) is 22.0 Å². The van der Waals surface area contributed by atoms with Crippen LogP contribution in [-0.4, -0.2) is 24.0 Å². The Morgan fingerprint density at radius 3 is 2.48 bits per heavy atom. The van der Waals surface area contributed by atoms with Crippen molar-refractivity contribution in [1.82, 2.24) is 4.98 Å². The van der Waals surface area contributed by atoms with E-state index in [1.165, 1.54) is 11.8 Å². The van der Waals surface area contributed by atoms with Gasteiger partial charge in [-0.2, -0.15) is 0 Å². The molecule has 0 bridgehead atoms. The number of pyridine rings is 1. The molecular weight excluding hydrogens is 264 g/mol. The van der Waals surface area contributed by atoms with E-state index in [9.17, 15) is 4.79 Å². The maximum Gasteiger partial charge on any atom is 0.250 e. The molecule has 0 fully saturated rings. The topological polar surface area (TPSA) is 85.2 Å². The van der Waals surface area contributed by atoms with Crippen LogP contribution in [-0.2, 0) is 6.54 Å². The molecule has 21 heavy (non-hydrogen) atoms. The first kappa shape index (κ1) is 15.0. The zero-order chi connectivity index (χ0) is 15.1. The minimum atomic E-state index is -0.467. The lowest BCUT2D eigenvalue weighted by Crippen LogP contribution is -2.26. The molecule has 0 saturated heterocycles. The highest BCUT2D eigenvalue weighted by atomic mass is 16.1. The van der Waals surface area contributed by atoms with E-state index >= 15 is 0 Å². The maximum absolute atomic E-state index is 11.1. The van der Waals surface area contributed by atoms with Gasteiger partial charge in [0.2, 0.25) is 5.91 Å². The number of carbonyl (C=O) groups excluding carboxylic acids is 1. The van der Waals surface area contributed by atoms with Gasteiger partial charge in [0.15, 0.2) is 0 Å². The largest absolute Gasteiger partial charge is 0.366 e. The van der Waals surface area contributed by atoms with Crippen molar-refractivity contribution in [3.63, 3.8) is 0 Å². The fourth-order valence-electron chi connectivity index (χ4n) is 2.08. The lowest BCUT2D eigenvalue weighted by Gasteiger charge is -2.23. The van der Waals surface area contributed by atoms with Gasteiger partial charge in [-0.1, -0.05) is 30.3 Å². The predicted octanol–water partition coefficient (Wildman–Crippen LogP) is 1.54. The molecule has 0 radical (unpaired) electrons. The third-order valence-electron chi connectivity index (χ3n) is 3.20. The summed E-state index contributed by atoms with van der Waals surface area (Å²) in [5.41, 5.74) is 12.5. The quantitative estimate of drug-likeness (QED) is 0.807. The maximum atomic E-state index is 11.1. The first-order chi connectivity index (χ1) is 10.2. The molecule has 0 spiro atoms. The number of anilines is 1. The molecule has 2 rings (SSSR count). The van der Waals surface area contributed by atoms with Gasteiger partial charge in [0.1, 0.15) is 5.82 Å². The number of hydrogen-bond donors (Lipinski definition) is 2. The van der Waals surface area contributed by atoms with E-state index in [0.29, 0.717) is 12.1 Å². The van der Waals surface area contributed by atoms with Gasteiger partial charge in [0.05, 0.1) is 5.56 Å². The number of nitrogens with two attached hydrogens (primary N) is 2. The monoisotopic (exact) mass is 284 g/mol. The Balaban J connectivity index is 2.16. The van der Waals surface area contributed by atoms with E-state index < -0.39 is 5.91 Å². The molecule has 0 aliphatic heterocycles. The van der Waals surface area contributed by atoms with Crippen molar-refractivity contribution in [3.05, 3.63) is 59.8 Å². The molecule has 1 heterocycles. The number of amides is 1. The zero-order valence-electron chi connectivity index (χ0n) is 11.9. The minimum absolute atomic E-state index is 0.414. The minimum Gasteiger partial charge on any atom is -0.366 e. The second kappa shape index (κ2) is 7.40. The number of benzene rings is 1. The number of aromatic nitrogens is 1. The molecule has 0 saturated carbocycles. The SMILES string of the molecule is NCCCN(Cc1ccccc1)c1ccc(C(N)=O)cn1. The van der Waals surface area contributed by atoms with Crippen molar-refractivity contribution in [2.24, 2.45) is 11.5 Å². The number of nitrogens with zero attached hydrogens (tertiary/aromatic N) is 2. The van der Waals surface area contributed by atoms with Crippen LogP contribution in [0.25, 0.3) is 0 Å². The molecule has 0 unspecified atom stereocenters. The number of hydrogen-bond acceptors (Lipinski definition) is 4. The van der Waals surface area contributed by atoms with E-state index in [4.69, 9.17) is 11.5 Å². The third kappa shape index (κ3) is 4.29. The second-order valence-electron chi connectivity index (χ2n) is 4.82. The Kier molecular flexibility index (Phi) is 5.29. The molecule has 0 aliphatic carbocycles. The van der Waals surface area contributed by atoms with E-state index in [1.54, 1.807) is 6.07 Å². The zero-order valence-corrected chi connectivity index (χ0v) is 11.9. The van der Waals surface area contributed by atoms with E-state index in [1.807, 2.05) is 24.3 Å². The first-order valence-electron chi connectivity index (χ1n) is 6.95. The van der Waals surface area contributed by atoms with Crippen LogP contribution in [0.15, 0.2) is 48.7 Å². The lowest BCUT2D eigenvalue weighted by molar-refractivity contribution is 0.1000. The fraction of sp³-hybridized carbons (Fsp3) is 0.250. The number of carbonyl (C=O) groups is 1. The van der Waals surface area contributed by atoms with Crippen molar-refractivity contribution in [1.29, 1.82) is 0 Å². The van der Waals surface area contributed by atoms with Crippen LogP contribution in [0.3, 0.4) is 0 Å². The van der Waals surface area contributed by atoms with Crippen LogP contribution in [0.5, 0.6) is 0 Å². The summed E-state index contributed by atoms with van der Waals surface area (Å²) in [6.07, 6.45) is 2.39. The van der Waals surface area contributed by atoms with Gasteiger partial charge in [-0.15, -0.1) is 0 Å². The van der Waals surface area contributed by atoms with Gasteiger partial charge < -0.3 is 16.4 Å². The molecule has 4 N–H and O–H groups in total. The molecule has 1 aromatic carbocycles. The first-order valence-corrected chi connectivity index (χ1v) is 6.95. The van der Waals surface area contributed by atoms with Crippen LogP contribution < -0.4 is 16.4 Å². The molecule has 110 valence electrons. The summed E-state index contributed by atoms with van der Waals surface area (Å²) in [5.74, 6) is 0.350. The Labute approximate surface area is 124 Å². The van der Waals surface area contributed by atoms with Gasteiger partial charge >= 0.3 is 0 Å². The Hall–Kier alpha value is -2.40. The van der Waals surface area contributed by atoms with Crippen molar-refractivity contribution in [2.75, 3.05) is 18.0 Å². The van der Waals surface area contributed by atoms with E-state index in [0.717, 1.165) is 25.3 Å². The summed E-state index contributed by atoms with van der Waals surface area (Å²) in [5, 5.41) is 0. The second-order valence-corrected chi connectivity index (χ2v) is 4.82. The van der Waals surface area contributed by atoms with Gasteiger partial charge in [-0.3, -0.25) is 4.79 Å². The molecule has 0 aliphatic rings. The summed E-state index contributed by atoms with van der Waals surface area (Å²) in [6, 6.07) is 13.7. The fourth-order valence-corrected chi connectivity index (χ4v) is 2.08. The smallest absolute Gasteiger partial charge is 0.250 e. The summed E-state index contributed by atoms with van der Waals surface area (Å²) in [7, 11) is 0. The highest BCUT2D eigenvalue weighted by molar-refractivity contribution is 5.92. The highest BCUT2D eigenvalue weighted by Gasteiger charge is 2.09. The van der Waals surface area contributed by atoms with Crippen LogP contribution in [0.2, 0.25) is 0 Å². The average Bonchev–Trinajstić information content (AvgIpc) is 2.52. The third-order valence-corrected chi connectivity index (χ3v) is 3.20. The Morgan fingerprint density at radius 1 is 1.14 bits per heavy atom. The van der Waals surface area contributed by atoms with Crippen molar-refractivity contribution >= 4 is 11.7 Å². The van der Waals surface area contributed by atoms with Crippen LogP contribution in [0.1, 0.15) is 22.3 Å². The summed E-state index contributed by atoms with van der Waals surface area (Å²) in [6.45, 7) is 2.20. The summed E-state index contributed by atoms with van der Waals surface area (Å²) in [4.78, 5) is 17.6. The van der Waals surface area contributed by atoms with Gasteiger partial charge in [0.25, 0.3) is 0 Å². The summed E-state index contributed by atoms with van der Waals surface area (Å²) >= 11 is 0. The highest BCUT2D eigenvalue weighted by Crippen LogP contribution is 2.15. The van der Waals surface area contributed by atoms with Crippen molar-refractivity contribution in [2.45, 2.75) is 13.0 Å². The Morgan fingerprint density at radius 2 is 1.90 bits per heavy atom. The molecule has 5 nitrogen and oxygen atoms in total. The predicted molar refractivity (Wildman–Crippen MR) is 83.9 cm³/mol. The van der Waals surface area contributed by atoms with Gasteiger partial charge in [0, 0.05) is 19.3 Å². The lowest BCUT2D eigenvalue weighted by atomic mass is 10.2. The van der Waals surface area contributed by atoms with Crippen molar-refractivity contribution < 1.29 is 4.79 Å². The summed E-state index contributed by atoms with van der Waals surface area (Å²) < 4.78 is 0. The number of primary amides is 1. The van der Waals surface area contributed by atoms with Gasteiger partial charge in [-0.25, -0.2) is 4.98 Å². The van der Waals surface area contributed by atoms with Crippen molar-refractivity contribution in [3.8, 4) is 0 Å². The van der Waals surface area contributed by atoms with Crippen LogP contribution in [0, 0.1) is 0 Å². The molecule has 1 aromatic heterocycles. The normalized spacial score (nSPS) is 10.3. The number of rotatable bonds is 7. The molecule has 2 aromatic rings. The van der Waals surface area contributed by atoms with E-state index in [-0.39, 0.29) is 0 Å². The van der Waals surface area contributed by atoms with Gasteiger partial charge in [-0.05, 0) is 30.7 Å². The molecule has 0 atom stereocenters. The standard InChI is InChI=1S/C16H20N4O/c17-9-4-10-20(12-13-5-2-1-3-6-13)15-8-7-14(11-19-15)16(18)21/h1-3,5-8,11H,4,9-10,12,17H2,(H2,18,21). The van der Waals surface area contributed by atoms with Crippen LogP contribution >= 0.6 is 0 Å².